The van der Waals surface area contributed by atoms with Crippen LogP contribution in [0.15, 0.2) is 34.0 Å². The van der Waals surface area contributed by atoms with E-state index in [9.17, 15) is 19.7 Å². The molecule has 0 aliphatic heterocycles. The smallest absolute Gasteiger partial charge is 0.311 e. The summed E-state index contributed by atoms with van der Waals surface area (Å²) < 4.78 is 5.55. The lowest BCUT2D eigenvalue weighted by Crippen LogP contribution is -2.22. The molecule has 0 spiro atoms. The number of ether oxygens (including phenoxy) is 1. The SMILES string of the molecule is CCOC(=O)Cc1csc(S[C@@H](C)C(=O)Nc2ccc([N+](=O)[O-])cc2)n1. The van der Waals surface area contributed by atoms with Crippen molar-refractivity contribution in [3.63, 3.8) is 0 Å². The Morgan fingerprint density at radius 3 is 2.69 bits per heavy atom. The molecule has 1 heterocycles. The van der Waals surface area contributed by atoms with Gasteiger partial charge in [0.15, 0.2) is 4.34 Å². The van der Waals surface area contributed by atoms with Gasteiger partial charge in [0, 0.05) is 23.2 Å². The second-order valence-corrected chi connectivity index (χ2v) is 7.59. The topological polar surface area (TPSA) is 111 Å². The Morgan fingerprint density at radius 1 is 1.38 bits per heavy atom. The predicted octanol–water partition coefficient (Wildman–Crippen LogP) is 3.28. The lowest BCUT2D eigenvalue weighted by Gasteiger charge is -2.10. The molecule has 0 radical (unpaired) electrons. The first-order valence-corrected chi connectivity index (χ1v) is 9.47. The van der Waals surface area contributed by atoms with E-state index in [0.29, 0.717) is 22.3 Å². The number of nitrogens with zero attached hydrogens (tertiary/aromatic N) is 2. The number of aromatic nitrogens is 1. The van der Waals surface area contributed by atoms with E-state index in [4.69, 9.17) is 4.74 Å². The number of esters is 1. The third kappa shape index (κ3) is 5.81. The van der Waals surface area contributed by atoms with Gasteiger partial charge in [0.25, 0.3) is 5.69 Å². The van der Waals surface area contributed by atoms with Gasteiger partial charge >= 0.3 is 5.97 Å². The summed E-state index contributed by atoms with van der Waals surface area (Å²) in [5, 5.41) is 14.7. The fourth-order valence-electron chi connectivity index (χ4n) is 1.90. The minimum Gasteiger partial charge on any atom is -0.466 e. The third-order valence-electron chi connectivity index (χ3n) is 3.15. The number of anilines is 1. The van der Waals surface area contributed by atoms with Crippen molar-refractivity contribution in [2.45, 2.75) is 29.9 Å². The first-order chi connectivity index (χ1) is 12.4. The highest BCUT2D eigenvalue weighted by Gasteiger charge is 2.18. The number of carbonyl (C=O) groups is 2. The Balaban J connectivity index is 1.89. The maximum Gasteiger partial charge on any atom is 0.311 e. The van der Waals surface area contributed by atoms with Crippen molar-refractivity contribution in [1.29, 1.82) is 0 Å². The highest BCUT2D eigenvalue weighted by atomic mass is 32.2. The molecule has 8 nitrogen and oxygen atoms in total. The van der Waals surface area contributed by atoms with E-state index in [1.165, 1.54) is 47.4 Å². The van der Waals surface area contributed by atoms with E-state index in [2.05, 4.69) is 10.3 Å². The molecular weight excluding hydrogens is 378 g/mol. The molecule has 0 fully saturated rings. The summed E-state index contributed by atoms with van der Waals surface area (Å²) in [4.78, 5) is 38.1. The van der Waals surface area contributed by atoms with Crippen LogP contribution < -0.4 is 5.32 Å². The molecule has 0 saturated heterocycles. The van der Waals surface area contributed by atoms with Gasteiger partial charge in [0.1, 0.15) is 0 Å². The Hall–Kier alpha value is -2.46. The van der Waals surface area contributed by atoms with Gasteiger partial charge in [0.2, 0.25) is 5.91 Å². The molecule has 1 amide bonds. The first kappa shape index (κ1) is 19.9. The van der Waals surface area contributed by atoms with Gasteiger partial charge in [-0.3, -0.25) is 19.7 Å². The molecule has 26 heavy (non-hydrogen) atoms. The molecule has 2 rings (SSSR count). The number of non-ortho nitro benzene ring substituents is 1. The van der Waals surface area contributed by atoms with E-state index < -0.39 is 10.2 Å². The standard InChI is InChI=1S/C16H17N3O5S2/c1-3-24-14(20)8-12-9-25-16(18-12)26-10(2)15(21)17-11-4-6-13(7-5-11)19(22)23/h4-7,9-10H,3,8H2,1-2H3,(H,17,21)/t10-/m0/s1. The van der Waals surface area contributed by atoms with Crippen LogP contribution in [0.5, 0.6) is 0 Å². The second-order valence-electron chi connectivity index (χ2n) is 5.14. The Kier molecular flexibility index (Phi) is 7.10. The summed E-state index contributed by atoms with van der Waals surface area (Å²) in [6.45, 7) is 3.80. The molecule has 10 heteroatoms. The van der Waals surface area contributed by atoms with Crippen LogP contribution in [0, 0.1) is 10.1 Å². The normalized spacial score (nSPS) is 11.6. The summed E-state index contributed by atoms with van der Waals surface area (Å²) in [6, 6.07) is 5.62. The van der Waals surface area contributed by atoms with Crippen molar-refractivity contribution < 1.29 is 19.2 Å². The van der Waals surface area contributed by atoms with E-state index in [1.807, 2.05) is 0 Å². The Bertz CT molecular complexity index is 791. The molecule has 0 aliphatic carbocycles. The zero-order valence-corrected chi connectivity index (χ0v) is 15.8. The molecule has 1 aromatic heterocycles. The summed E-state index contributed by atoms with van der Waals surface area (Å²) >= 11 is 2.63. The number of amides is 1. The van der Waals surface area contributed by atoms with Crippen LogP contribution in [0.1, 0.15) is 19.5 Å². The van der Waals surface area contributed by atoms with Gasteiger partial charge in [-0.25, -0.2) is 4.98 Å². The van der Waals surface area contributed by atoms with Gasteiger partial charge in [0.05, 0.1) is 28.9 Å². The van der Waals surface area contributed by atoms with Crippen LogP contribution in [0.2, 0.25) is 0 Å². The van der Waals surface area contributed by atoms with Crippen LogP contribution in [0.25, 0.3) is 0 Å². The molecule has 0 saturated carbocycles. The zero-order chi connectivity index (χ0) is 19.1. The molecule has 0 aliphatic rings. The second kappa shape index (κ2) is 9.30. The summed E-state index contributed by atoms with van der Waals surface area (Å²) in [5.74, 6) is -0.579. The van der Waals surface area contributed by atoms with Gasteiger partial charge in [-0.15, -0.1) is 11.3 Å². The molecule has 1 N–H and O–H groups in total. The van der Waals surface area contributed by atoms with E-state index in [1.54, 1.807) is 19.2 Å². The predicted molar refractivity (Wildman–Crippen MR) is 99.5 cm³/mol. The minimum atomic E-state index is -0.500. The fraction of sp³-hybridized carbons (Fsp3) is 0.312. The number of nitrogens with one attached hydrogen (secondary N) is 1. The average molecular weight is 395 g/mol. The van der Waals surface area contributed by atoms with Crippen molar-refractivity contribution >= 4 is 46.3 Å². The number of hydrogen-bond donors (Lipinski definition) is 1. The molecular formula is C16H17N3O5S2. The average Bonchev–Trinajstić information content (AvgIpc) is 3.02. The van der Waals surface area contributed by atoms with Crippen LogP contribution in [0.4, 0.5) is 11.4 Å². The molecule has 2 aromatic rings. The van der Waals surface area contributed by atoms with E-state index in [-0.39, 0.29) is 24.0 Å². The van der Waals surface area contributed by atoms with Crippen molar-refractivity contribution in [1.82, 2.24) is 4.98 Å². The number of benzene rings is 1. The number of carbonyl (C=O) groups excluding carboxylic acids is 2. The molecule has 1 aromatic carbocycles. The highest BCUT2D eigenvalue weighted by molar-refractivity contribution is 8.02. The zero-order valence-electron chi connectivity index (χ0n) is 14.1. The highest BCUT2D eigenvalue weighted by Crippen LogP contribution is 2.28. The maximum atomic E-state index is 12.2. The summed E-state index contributed by atoms with van der Waals surface area (Å²) in [7, 11) is 0. The number of nitro groups is 1. The van der Waals surface area contributed by atoms with Gasteiger partial charge in [-0.05, 0) is 26.0 Å². The molecule has 138 valence electrons. The van der Waals surface area contributed by atoms with Crippen LogP contribution in [-0.4, -0.2) is 33.6 Å². The largest absolute Gasteiger partial charge is 0.466 e. The number of rotatable bonds is 8. The number of nitro benzene ring substituents is 1. The van der Waals surface area contributed by atoms with Crippen molar-refractivity contribution in [3.8, 4) is 0 Å². The molecule has 0 bridgehead atoms. The maximum absolute atomic E-state index is 12.2. The lowest BCUT2D eigenvalue weighted by molar-refractivity contribution is -0.384. The Morgan fingerprint density at radius 2 is 2.08 bits per heavy atom. The number of thioether (sulfide) groups is 1. The minimum absolute atomic E-state index is 0.0395. The summed E-state index contributed by atoms with van der Waals surface area (Å²) in [5.41, 5.74) is 1.05. The Labute approximate surface area is 158 Å². The van der Waals surface area contributed by atoms with Crippen LogP contribution >= 0.6 is 23.1 Å². The lowest BCUT2D eigenvalue weighted by atomic mass is 10.3. The van der Waals surface area contributed by atoms with Crippen molar-refractivity contribution in [2.75, 3.05) is 11.9 Å². The van der Waals surface area contributed by atoms with Gasteiger partial charge < -0.3 is 10.1 Å². The number of hydrogen-bond acceptors (Lipinski definition) is 8. The van der Waals surface area contributed by atoms with Crippen molar-refractivity contribution in [3.05, 3.63) is 45.5 Å². The van der Waals surface area contributed by atoms with E-state index in [0.717, 1.165) is 0 Å². The fourth-order valence-corrected chi connectivity index (χ4v) is 3.88. The number of thiazole rings is 1. The monoisotopic (exact) mass is 395 g/mol. The van der Waals surface area contributed by atoms with Gasteiger partial charge in [-0.1, -0.05) is 11.8 Å². The molecule has 1 atom stereocenters. The summed E-state index contributed by atoms with van der Waals surface area (Å²) in [6.07, 6.45) is 0.105. The van der Waals surface area contributed by atoms with Crippen LogP contribution in [-0.2, 0) is 20.7 Å². The third-order valence-corrected chi connectivity index (χ3v) is 5.27. The quantitative estimate of drug-likeness (QED) is 0.316. The first-order valence-electron chi connectivity index (χ1n) is 7.71. The van der Waals surface area contributed by atoms with Crippen LogP contribution in [0.3, 0.4) is 0 Å². The van der Waals surface area contributed by atoms with E-state index >= 15 is 0 Å². The van der Waals surface area contributed by atoms with Gasteiger partial charge in [-0.2, -0.15) is 0 Å². The van der Waals surface area contributed by atoms with Crippen molar-refractivity contribution in [2.24, 2.45) is 0 Å². The molecule has 0 unspecified atom stereocenters.